The molecule has 0 saturated carbocycles. The van der Waals surface area contributed by atoms with Crippen LogP contribution in [0.2, 0.25) is 5.02 Å². The van der Waals surface area contributed by atoms with Gasteiger partial charge in [-0.2, -0.15) is 5.26 Å². The van der Waals surface area contributed by atoms with E-state index >= 15 is 0 Å². The molecule has 2 unspecified atom stereocenters. The summed E-state index contributed by atoms with van der Waals surface area (Å²) in [4.78, 5) is 30.3. The molecule has 0 aliphatic carbocycles. The Labute approximate surface area is 188 Å². The Morgan fingerprint density at radius 2 is 1.81 bits per heavy atom. The first-order valence-electron chi connectivity index (χ1n) is 9.48. The molecule has 2 atom stereocenters. The molecule has 4 rings (SSSR count). The Balaban J connectivity index is 1.79. The number of halogens is 1. The van der Waals surface area contributed by atoms with Crippen LogP contribution in [0.4, 0.5) is 5.95 Å². The van der Waals surface area contributed by atoms with Crippen LogP contribution in [-0.4, -0.2) is 25.7 Å². The maximum Gasteiger partial charge on any atom is 0.273 e. The predicted molar refractivity (Wildman–Crippen MR) is 121 cm³/mol. The number of hydrogen-bond donors (Lipinski definition) is 1. The van der Waals surface area contributed by atoms with E-state index in [4.69, 9.17) is 11.6 Å². The lowest BCUT2D eigenvalue weighted by molar-refractivity contribution is -0.128. The van der Waals surface area contributed by atoms with Crippen molar-refractivity contribution in [1.82, 2.24) is 14.6 Å². The van der Waals surface area contributed by atoms with Gasteiger partial charge < -0.3 is 0 Å². The van der Waals surface area contributed by atoms with Crippen LogP contribution < -0.4 is 11.0 Å². The molecular formula is C22H18ClN5O2S. The first kappa shape index (κ1) is 21.0. The minimum Gasteiger partial charge on any atom is -0.279 e. The fraction of sp³-hybridized carbons (Fsp3) is 0.182. The Bertz CT molecular complexity index is 1240. The molecule has 1 aliphatic rings. The second-order valence-electron chi connectivity index (χ2n) is 7.00. The van der Waals surface area contributed by atoms with Crippen molar-refractivity contribution in [2.45, 2.75) is 17.5 Å². The largest absolute Gasteiger partial charge is 0.279 e. The molecule has 1 fully saturated rings. The Morgan fingerprint density at radius 3 is 2.45 bits per heavy atom. The number of carbonyl (C=O) groups excluding carboxylic acids is 1. The maximum absolute atomic E-state index is 12.9. The van der Waals surface area contributed by atoms with Crippen LogP contribution in [0.5, 0.6) is 0 Å². The number of rotatable bonds is 4. The minimum atomic E-state index is -0.506. The van der Waals surface area contributed by atoms with Crippen LogP contribution in [0, 0.1) is 11.3 Å². The molecule has 9 heteroatoms. The van der Waals surface area contributed by atoms with E-state index in [0.717, 1.165) is 5.56 Å². The van der Waals surface area contributed by atoms with Gasteiger partial charge in [0.15, 0.2) is 0 Å². The molecule has 1 N–H and O–H groups in total. The maximum atomic E-state index is 12.9. The Kier molecular flexibility index (Phi) is 5.72. The van der Waals surface area contributed by atoms with Crippen LogP contribution in [0.1, 0.15) is 23.4 Å². The predicted octanol–water partition coefficient (Wildman–Crippen LogP) is 3.96. The highest BCUT2D eigenvalue weighted by molar-refractivity contribution is 8.01. The lowest BCUT2D eigenvalue weighted by Gasteiger charge is -2.26. The monoisotopic (exact) mass is 451 g/mol. The van der Waals surface area contributed by atoms with Crippen molar-refractivity contribution >= 4 is 35.2 Å². The summed E-state index contributed by atoms with van der Waals surface area (Å²) >= 11 is 7.47. The third-order valence-electron chi connectivity index (χ3n) is 4.98. The molecule has 1 amide bonds. The van der Waals surface area contributed by atoms with E-state index in [9.17, 15) is 14.9 Å². The summed E-state index contributed by atoms with van der Waals surface area (Å²) in [5.74, 6) is 0.0448. The lowest BCUT2D eigenvalue weighted by Crippen LogP contribution is -2.38. The summed E-state index contributed by atoms with van der Waals surface area (Å²) in [6, 6.07) is 18.3. The second kappa shape index (κ2) is 8.46. The van der Waals surface area contributed by atoms with Crippen LogP contribution in [0.3, 0.4) is 0 Å². The topological polar surface area (TPSA) is 91.0 Å². The van der Waals surface area contributed by atoms with Crippen LogP contribution in [0.15, 0.2) is 59.4 Å². The van der Waals surface area contributed by atoms with E-state index in [-0.39, 0.29) is 33.7 Å². The fourth-order valence-electron chi connectivity index (χ4n) is 3.31. The normalized spacial score (nSPS) is 18.1. The van der Waals surface area contributed by atoms with E-state index in [1.165, 1.54) is 28.4 Å². The van der Waals surface area contributed by atoms with Gasteiger partial charge in [-0.25, -0.2) is 9.99 Å². The highest BCUT2D eigenvalue weighted by atomic mass is 35.5. The molecule has 31 heavy (non-hydrogen) atoms. The zero-order valence-corrected chi connectivity index (χ0v) is 18.3. The van der Waals surface area contributed by atoms with Gasteiger partial charge in [0.1, 0.15) is 17.0 Å². The molecule has 1 aliphatic heterocycles. The average Bonchev–Trinajstić information content (AvgIpc) is 3.06. The van der Waals surface area contributed by atoms with Crippen molar-refractivity contribution < 1.29 is 4.79 Å². The van der Waals surface area contributed by atoms with Gasteiger partial charge in [-0.05, 0) is 24.6 Å². The number of nitrogens with zero attached hydrogens (tertiary/aromatic N) is 4. The lowest BCUT2D eigenvalue weighted by atomic mass is 10.1. The summed E-state index contributed by atoms with van der Waals surface area (Å²) in [5, 5.41) is 11.0. The Morgan fingerprint density at radius 1 is 1.13 bits per heavy atom. The molecule has 3 aromatic rings. The number of nitrogens with one attached hydrogen (secondary N) is 1. The van der Waals surface area contributed by atoms with E-state index in [1.807, 2.05) is 43.3 Å². The molecular weight excluding hydrogens is 434 g/mol. The number of carbonyl (C=O) groups is 1. The van der Waals surface area contributed by atoms with Crippen molar-refractivity contribution in [2.75, 3.05) is 5.43 Å². The molecule has 2 heterocycles. The van der Waals surface area contributed by atoms with Crippen molar-refractivity contribution in [2.24, 2.45) is 7.05 Å². The number of thioether (sulfide) groups is 1. The third-order valence-corrected chi connectivity index (χ3v) is 6.58. The first-order chi connectivity index (χ1) is 14.9. The van der Waals surface area contributed by atoms with E-state index in [1.54, 1.807) is 24.3 Å². The van der Waals surface area contributed by atoms with E-state index in [2.05, 4.69) is 10.4 Å². The molecule has 156 valence electrons. The standard InChI is InChI=1S/C22H18ClN5O2S/c1-13-19(29)28(21(31-13)15-6-4-3-5-7-15)26-22-25-18(14-8-10-16(23)11-9-14)17(12-24)20(30)27(22)2/h3-11,13,21H,1-2H3,(H,25,26). The minimum absolute atomic E-state index is 0.0783. The highest BCUT2D eigenvalue weighted by Gasteiger charge is 2.39. The van der Waals surface area contributed by atoms with Crippen molar-refractivity contribution in [3.05, 3.63) is 81.1 Å². The van der Waals surface area contributed by atoms with Crippen LogP contribution >= 0.6 is 23.4 Å². The van der Waals surface area contributed by atoms with Crippen molar-refractivity contribution in [3.8, 4) is 17.3 Å². The van der Waals surface area contributed by atoms with Gasteiger partial charge >= 0.3 is 0 Å². The van der Waals surface area contributed by atoms with Gasteiger partial charge in [0.25, 0.3) is 11.5 Å². The number of amides is 1. The zero-order chi connectivity index (χ0) is 22.1. The highest BCUT2D eigenvalue weighted by Crippen LogP contribution is 2.42. The van der Waals surface area contributed by atoms with E-state index in [0.29, 0.717) is 10.6 Å². The van der Waals surface area contributed by atoms with Crippen LogP contribution in [0.25, 0.3) is 11.3 Å². The SMILES string of the molecule is CC1SC(c2ccccc2)N(Nc2nc(-c3ccc(Cl)cc3)c(C#N)c(=O)n2C)C1=O. The molecule has 2 aromatic carbocycles. The average molecular weight is 452 g/mol. The van der Waals surface area contributed by atoms with Crippen molar-refractivity contribution in [3.63, 3.8) is 0 Å². The number of anilines is 1. The van der Waals surface area contributed by atoms with Gasteiger partial charge in [-0.3, -0.25) is 19.6 Å². The van der Waals surface area contributed by atoms with Crippen LogP contribution in [-0.2, 0) is 11.8 Å². The van der Waals surface area contributed by atoms with E-state index < -0.39 is 5.56 Å². The molecule has 0 bridgehead atoms. The molecule has 7 nitrogen and oxygen atoms in total. The molecule has 1 saturated heterocycles. The number of nitriles is 1. The number of hydrogen-bond acceptors (Lipinski definition) is 6. The molecule has 0 spiro atoms. The summed E-state index contributed by atoms with van der Waals surface area (Å²) in [6.07, 6.45) is 0. The number of hydrazine groups is 1. The Hall–Kier alpha value is -3.28. The summed E-state index contributed by atoms with van der Waals surface area (Å²) in [7, 11) is 1.51. The number of aromatic nitrogens is 2. The smallest absolute Gasteiger partial charge is 0.273 e. The summed E-state index contributed by atoms with van der Waals surface area (Å²) < 4.78 is 1.24. The first-order valence-corrected chi connectivity index (χ1v) is 10.8. The number of benzene rings is 2. The molecule has 1 aromatic heterocycles. The van der Waals surface area contributed by atoms with Gasteiger partial charge in [0.05, 0.1) is 10.9 Å². The summed E-state index contributed by atoms with van der Waals surface area (Å²) in [5.41, 5.74) is 4.21. The fourth-order valence-corrected chi connectivity index (χ4v) is 4.65. The third kappa shape index (κ3) is 3.90. The zero-order valence-electron chi connectivity index (χ0n) is 16.7. The van der Waals surface area contributed by atoms with Gasteiger partial charge in [0, 0.05) is 17.6 Å². The summed E-state index contributed by atoms with van der Waals surface area (Å²) in [6.45, 7) is 1.84. The second-order valence-corrected chi connectivity index (χ2v) is 8.87. The van der Waals surface area contributed by atoms with Gasteiger partial charge in [-0.15, -0.1) is 11.8 Å². The van der Waals surface area contributed by atoms with Gasteiger partial charge in [-0.1, -0.05) is 54.1 Å². The van der Waals surface area contributed by atoms with Crippen molar-refractivity contribution in [1.29, 1.82) is 5.26 Å². The van der Waals surface area contributed by atoms with Gasteiger partial charge in [0.2, 0.25) is 5.95 Å². The molecule has 0 radical (unpaired) electrons. The quantitative estimate of drug-likeness (QED) is 0.645.